The molecule has 0 spiro atoms. The summed E-state index contributed by atoms with van der Waals surface area (Å²) in [5, 5.41) is 18.3. The number of carbonyl (C=O) groups is 1. The molecule has 2 heterocycles. The molecule has 0 saturated carbocycles. The number of rotatable bonds is 5. The molecule has 0 fully saturated rings. The number of aryl methyl sites for hydroxylation is 1. The van der Waals surface area contributed by atoms with E-state index in [9.17, 15) is 14.7 Å². The molecule has 0 aliphatic heterocycles. The van der Waals surface area contributed by atoms with Crippen LogP contribution in [-0.4, -0.2) is 36.6 Å². The van der Waals surface area contributed by atoms with Crippen LogP contribution in [0.1, 0.15) is 11.3 Å². The van der Waals surface area contributed by atoms with Gasteiger partial charge in [-0.05, 0) is 31.2 Å². The van der Waals surface area contributed by atoms with E-state index in [1.807, 2.05) is 30.3 Å². The first kappa shape index (κ1) is 19.1. The van der Waals surface area contributed by atoms with Crippen LogP contribution >= 0.6 is 0 Å². The molecule has 0 bridgehead atoms. The van der Waals surface area contributed by atoms with Crippen LogP contribution in [0.25, 0.3) is 16.7 Å². The number of aromatic hydroxyl groups is 1. The molecular weight excluding hydrogens is 384 g/mol. The van der Waals surface area contributed by atoms with Gasteiger partial charge in [-0.15, -0.1) is 0 Å². The molecule has 2 aromatic carbocycles. The molecule has 4 aromatic rings. The highest BCUT2D eigenvalue weighted by molar-refractivity contribution is 5.85. The van der Waals surface area contributed by atoms with Gasteiger partial charge < -0.3 is 5.11 Å². The Labute approximate surface area is 170 Å². The maximum Gasteiger partial charge on any atom is 0.265 e. The third-order valence-corrected chi connectivity index (χ3v) is 4.47. The zero-order chi connectivity index (χ0) is 21.1. The zero-order valence-corrected chi connectivity index (χ0v) is 16.1. The van der Waals surface area contributed by atoms with Gasteiger partial charge in [-0.2, -0.15) is 10.2 Å². The fraction of sp³-hybridized carbons (Fsp3) is 0.0952. The molecule has 4 rings (SSSR count). The molecule has 2 N–H and O–H groups in total. The molecule has 9 heteroatoms. The maximum absolute atomic E-state index is 12.9. The highest BCUT2D eigenvalue weighted by Crippen LogP contribution is 2.16. The standard InChI is InChI=1S/C21H18N6O3/c1-14-19-20(27(25-14)16-8-3-2-4-9-16)22-13-26(21(19)30)12-18(29)24-23-11-15-7-5-6-10-17(15)28/h2-11,13,28H,12H2,1H3,(H,24,29)/b23-11+. The average Bonchev–Trinajstić information content (AvgIpc) is 3.09. The molecule has 9 nitrogen and oxygen atoms in total. The van der Waals surface area contributed by atoms with E-state index in [0.29, 0.717) is 22.3 Å². The largest absolute Gasteiger partial charge is 0.507 e. The molecule has 1 amide bonds. The van der Waals surface area contributed by atoms with Gasteiger partial charge in [0, 0.05) is 5.56 Å². The minimum atomic E-state index is -0.502. The predicted molar refractivity (Wildman–Crippen MR) is 112 cm³/mol. The summed E-state index contributed by atoms with van der Waals surface area (Å²) in [6.45, 7) is 1.47. The molecule has 0 aliphatic carbocycles. The lowest BCUT2D eigenvalue weighted by atomic mass is 10.2. The van der Waals surface area contributed by atoms with E-state index < -0.39 is 5.91 Å². The number of carbonyl (C=O) groups excluding carboxylic acids is 1. The number of benzene rings is 2. The summed E-state index contributed by atoms with van der Waals surface area (Å²) in [6.07, 6.45) is 2.64. The molecule has 30 heavy (non-hydrogen) atoms. The third-order valence-electron chi connectivity index (χ3n) is 4.47. The van der Waals surface area contributed by atoms with Crippen LogP contribution in [0, 0.1) is 6.92 Å². The number of nitrogens with one attached hydrogen (secondary N) is 1. The van der Waals surface area contributed by atoms with Crippen LogP contribution in [-0.2, 0) is 11.3 Å². The van der Waals surface area contributed by atoms with Gasteiger partial charge >= 0.3 is 0 Å². The third kappa shape index (κ3) is 3.68. The first-order valence-electron chi connectivity index (χ1n) is 9.14. The van der Waals surface area contributed by atoms with Crippen molar-refractivity contribution in [3.05, 3.63) is 82.5 Å². The van der Waals surface area contributed by atoms with E-state index in [1.165, 1.54) is 23.2 Å². The molecule has 0 radical (unpaired) electrons. The van der Waals surface area contributed by atoms with Crippen molar-refractivity contribution in [2.75, 3.05) is 0 Å². The van der Waals surface area contributed by atoms with E-state index in [2.05, 4.69) is 20.6 Å². The van der Waals surface area contributed by atoms with Crippen molar-refractivity contribution in [2.45, 2.75) is 13.5 Å². The summed E-state index contributed by atoms with van der Waals surface area (Å²) in [4.78, 5) is 29.4. The minimum absolute atomic E-state index is 0.0484. The van der Waals surface area contributed by atoms with Crippen molar-refractivity contribution in [1.29, 1.82) is 0 Å². The molecule has 0 atom stereocenters. The monoisotopic (exact) mass is 402 g/mol. The van der Waals surface area contributed by atoms with E-state index in [0.717, 1.165) is 5.69 Å². The van der Waals surface area contributed by atoms with Crippen LogP contribution < -0.4 is 11.0 Å². The average molecular weight is 402 g/mol. The Balaban J connectivity index is 1.56. The minimum Gasteiger partial charge on any atom is -0.507 e. The predicted octanol–water partition coefficient (Wildman–Crippen LogP) is 1.75. The van der Waals surface area contributed by atoms with Crippen molar-refractivity contribution >= 4 is 23.2 Å². The second kappa shape index (κ2) is 8.00. The molecule has 0 aliphatic rings. The number of nitrogens with zero attached hydrogens (tertiary/aromatic N) is 5. The molecule has 0 unspecified atom stereocenters. The Hall–Kier alpha value is -4.27. The van der Waals surface area contributed by atoms with Gasteiger partial charge in [-0.25, -0.2) is 15.1 Å². The summed E-state index contributed by atoms with van der Waals surface area (Å²) < 4.78 is 2.81. The Morgan fingerprint density at radius 2 is 1.90 bits per heavy atom. The van der Waals surface area contributed by atoms with Gasteiger partial charge in [0.05, 0.1) is 17.6 Å². The fourth-order valence-corrected chi connectivity index (χ4v) is 3.03. The molecule has 150 valence electrons. The summed E-state index contributed by atoms with van der Waals surface area (Å²) in [6, 6.07) is 16.0. The highest BCUT2D eigenvalue weighted by atomic mass is 16.3. The summed E-state index contributed by atoms with van der Waals surface area (Å²) >= 11 is 0. The topological polar surface area (TPSA) is 114 Å². The summed E-state index contributed by atoms with van der Waals surface area (Å²) in [5.74, 6) is -0.453. The van der Waals surface area contributed by atoms with Crippen molar-refractivity contribution in [2.24, 2.45) is 5.10 Å². The van der Waals surface area contributed by atoms with Gasteiger partial charge in [0.25, 0.3) is 11.5 Å². The van der Waals surface area contributed by atoms with Crippen LogP contribution in [0.3, 0.4) is 0 Å². The number of para-hydroxylation sites is 2. The fourth-order valence-electron chi connectivity index (χ4n) is 3.03. The highest BCUT2D eigenvalue weighted by Gasteiger charge is 2.16. The van der Waals surface area contributed by atoms with Crippen LogP contribution in [0.5, 0.6) is 5.75 Å². The first-order chi connectivity index (χ1) is 14.5. The van der Waals surface area contributed by atoms with Crippen molar-refractivity contribution < 1.29 is 9.90 Å². The van der Waals surface area contributed by atoms with Crippen molar-refractivity contribution in [1.82, 2.24) is 24.8 Å². The van der Waals surface area contributed by atoms with Gasteiger partial charge in [-0.3, -0.25) is 14.2 Å². The van der Waals surface area contributed by atoms with Crippen LogP contribution in [0.2, 0.25) is 0 Å². The van der Waals surface area contributed by atoms with E-state index in [-0.39, 0.29) is 17.9 Å². The number of hydrazone groups is 1. The zero-order valence-electron chi connectivity index (χ0n) is 16.1. The number of aromatic nitrogens is 4. The number of amides is 1. The number of hydrogen-bond donors (Lipinski definition) is 2. The van der Waals surface area contributed by atoms with Crippen molar-refractivity contribution in [3.8, 4) is 11.4 Å². The smallest absolute Gasteiger partial charge is 0.265 e. The summed E-state index contributed by atoms with van der Waals surface area (Å²) in [5.41, 5.74) is 4.18. The van der Waals surface area contributed by atoms with E-state index in [4.69, 9.17) is 0 Å². The second-order valence-electron chi connectivity index (χ2n) is 6.56. The SMILES string of the molecule is Cc1nn(-c2ccccc2)c2ncn(CC(=O)N/N=C/c3ccccc3O)c(=O)c12. The van der Waals surface area contributed by atoms with Crippen LogP contribution in [0.15, 0.2) is 70.8 Å². The lowest BCUT2D eigenvalue weighted by Gasteiger charge is -2.05. The lowest BCUT2D eigenvalue weighted by molar-refractivity contribution is -0.121. The van der Waals surface area contributed by atoms with Crippen LogP contribution in [0.4, 0.5) is 0 Å². The lowest BCUT2D eigenvalue weighted by Crippen LogP contribution is -2.30. The first-order valence-corrected chi connectivity index (χ1v) is 9.14. The number of fused-ring (bicyclic) bond motifs is 1. The number of phenolic OH excluding ortho intramolecular Hbond substituents is 1. The molecule has 0 saturated heterocycles. The molecular formula is C21H18N6O3. The summed E-state index contributed by atoms with van der Waals surface area (Å²) in [7, 11) is 0. The Kier molecular flexibility index (Phi) is 5.08. The molecule has 2 aromatic heterocycles. The number of hydrogen-bond acceptors (Lipinski definition) is 6. The number of phenols is 1. The van der Waals surface area contributed by atoms with Gasteiger partial charge in [0.2, 0.25) is 0 Å². The second-order valence-corrected chi connectivity index (χ2v) is 6.56. The Morgan fingerprint density at radius 1 is 1.17 bits per heavy atom. The van der Waals surface area contributed by atoms with E-state index in [1.54, 1.807) is 29.8 Å². The Bertz CT molecular complexity index is 1310. The normalized spacial score (nSPS) is 11.2. The van der Waals surface area contributed by atoms with E-state index >= 15 is 0 Å². The Morgan fingerprint density at radius 3 is 2.67 bits per heavy atom. The van der Waals surface area contributed by atoms with Gasteiger partial charge in [0.1, 0.15) is 24.0 Å². The maximum atomic E-state index is 12.9. The van der Waals surface area contributed by atoms with Gasteiger partial charge in [0.15, 0.2) is 5.65 Å². The van der Waals surface area contributed by atoms with Crippen molar-refractivity contribution in [3.63, 3.8) is 0 Å². The van der Waals surface area contributed by atoms with Gasteiger partial charge in [-0.1, -0.05) is 30.3 Å². The quantitative estimate of drug-likeness (QED) is 0.390.